The number of benzene rings is 3. The third kappa shape index (κ3) is 5.22. The van der Waals surface area contributed by atoms with Crippen LogP contribution in [0.4, 0.5) is 14.6 Å². The lowest BCUT2D eigenvalue weighted by Crippen LogP contribution is -2.52. The van der Waals surface area contributed by atoms with Crippen molar-refractivity contribution in [1.29, 1.82) is 0 Å². The number of aromatic nitrogens is 4. The first kappa shape index (κ1) is 32.1. The van der Waals surface area contributed by atoms with E-state index in [-0.39, 0.29) is 35.0 Å². The number of esters is 1. The van der Waals surface area contributed by atoms with Gasteiger partial charge in [-0.25, -0.2) is 23.4 Å². The molecule has 0 saturated heterocycles. The number of carbonyl (C=O) groups excluding carboxylic acids is 1. The topological polar surface area (TPSA) is 81.9 Å². The molecule has 1 N–H and O–H groups in total. The summed E-state index contributed by atoms with van der Waals surface area (Å²) in [6.07, 6.45) is 5.17. The zero-order valence-corrected chi connectivity index (χ0v) is 28.0. The number of anilines is 1. The smallest absolute Gasteiger partial charge is 0.311 e. The van der Waals surface area contributed by atoms with Gasteiger partial charge in [0.15, 0.2) is 23.1 Å². The molecule has 0 spiro atoms. The third-order valence-electron chi connectivity index (χ3n) is 10.5. The van der Waals surface area contributed by atoms with Gasteiger partial charge in [-0.2, -0.15) is 5.10 Å². The molecule has 2 atom stereocenters. The van der Waals surface area contributed by atoms with Crippen LogP contribution in [0.1, 0.15) is 42.4 Å². The van der Waals surface area contributed by atoms with E-state index >= 15 is 8.78 Å². The number of pyridine rings is 2. The average molecular weight is 690 g/mol. The zero-order valence-electron chi connectivity index (χ0n) is 27.3. The van der Waals surface area contributed by atoms with Gasteiger partial charge in [0.25, 0.3) is 0 Å². The number of halogens is 3. The van der Waals surface area contributed by atoms with Crippen LogP contribution in [0.5, 0.6) is 0 Å². The fourth-order valence-electron chi connectivity index (χ4n) is 8.31. The highest BCUT2D eigenvalue weighted by atomic mass is 35.5. The van der Waals surface area contributed by atoms with E-state index in [9.17, 15) is 4.79 Å². The lowest BCUT2D eigenvalue weighted by Gasteiger charge is -2.47. The molecular weight excluding hydrogens is 656 g/mol. The standard InChI is InChI=1S/C40H34ClF2N5O2/c1-50-39(49)33-24-17-19-25(20-18-24)34(33)45-37-32(43)22-31(42)36(46-37)35-30-21-29(41)23-44-38(30)48(47-35)40(26-11-5-2-6-12-26,27-13-7-3-8-14-27)28-15-9-4-10-16-28/h2-16,21-25,33-34H,17-20H2,1H3,(H,45,46)/t24?,25?,33-,34-/m0/s1. The van der Waals surface area contributed by atoms with Crippen LogP contribution in [-0.2, 0) is 15.1 Å². The van der Waals surface area contributed by atoms with Crippen molar-refractivity contribution in [1.82, 2.24) is 19.7 Å². The van der Waals surface area contributed by atoms with Gasteiger partial charge in [-0.1, -0.05) is 103 Å². The maximum absolute atomic E-state index is 16.1. The summed E-state index contributed by atoms with van der Waals surface area (Å²) in [7, 11) is 1.37. The molecule has 9 rings (SSSR count). The molecule has 10 heteroatoms. The van der Waals surface area contributed by atoms with Crippen LogP contribution in [0.25, 0.3) is 22.4 Å². The van der Waals surface area contributed by atoms with E-state index in [1.165, 1.54) is 13.3 Å². The molecule has 3 saturated carbocycles. The number of nitrogens with one attached hydrogen (secondary N) is 1. The van der Waals surface area contributed by atoms with Gasteiger partial charge in [0.1, 0.15) is 16.9 Å². The van der Waals surface area contributed by atoms with Crippen molar-refractivity contribution >= 4 is 34.4 Å². The molecule has 3 aromatic carbocycles. The quantitative estimate of drug-likeness (QED) is 0.127. The Balaban J connectivity index is 1.36. The molecule has 3 heterocycles. The van der Waals surface area contributed by atoms with Crippen molar-refractivity contribution in [3.63, 3.8) is 0 Å². The maximum Gasteiger partial charge on any atom is 0.311 e. The van der Waals surface area contributed by atoms with Crippen molar-refractivity contribution in [2.45, 2.75) is 37.3 Å². The minimum atomic E-state index is -1.08. The first-order valence-corrected chi connectivity index (χ1v) is 17.2. The lowest BCUT2D eigenvalue weighted by atomic mass is 9.61. The fraction of sp³-hybridized carbons (Fsp3) is 0.250. The molecule has 6 aromatic rings. The molecule has 2 bridgehead atoms. The molecule has 0 aliphatic heterocycles. The van der Waals surface area contributed by atoms with Gasteiger partial charge in [0.05, 0.1) is 23.4 Å². The predicted molar refractivity (Wildman–Crippen MR) is 189 cm³/mol. The van der Waals surface area contributed by atoms with Crippen molar-refractivity contribution in [3.8, 4) is 11.4 Å². The van der Waals surface area contributed by atoms with Gasteiger partial charge in [0.2, 0.25) is 0 Å². The number of rotatable bonds is 8. The third-order valence-corrected chi connectivity index (χ3v) is 10.7. The summed E-state index contributed by atoms with van der Waals surface area (Å²) in [5.41, 5.74) is 2.01. The van der Waals surface area contributed by atoms with Crippen LogP contribution in [0.2, 0.25) is 5.02 Å². The van der Waals surface area contributed by atoms with E-state index in [2.05, 4.69) is 10.3 Å². The van der Waals surface area contributed by atoms with Crippen LogP contribution in [0.15, 0.2) is 109 Å². The second-order valence-corrected chi connectivity index (χ2v) is 13.6. The Morgan fingerprint density at radius 3 is 1.94 bits per heavy atom. The highest BCUT2D eigenvalue weighted by Gasteiger charge is 2.48. The monoisotopic (exact) mass is 689 g/mol. The number of methoxy groups -OCH3 is 1. The summed E-state index contributed by atoms with van der Waals surface area (Å²) in [5.74, 6) is -2.42. The van der Waals surface area contributed by atoms with E-state index < -0.39 is 29.1 Å². The zero-order chi connectivity index (χ0) is 34.4. The van der Waals surface area contributed by atoms with Crippen molar-refractivity contribution in [2.75, 3.05) is 12.4 Å². The fourth-order valence-corrected chi connectivity index (χ4v) is 8.47. The number of nitrogens with zero attached hydrogens (tertiary/aromatic N) is 4. The van der Waals surface area contributed by atoms with Gasteiger partial charge in [-0.05, 0) is 60.3 Å². The van der Waals surface area contributed by atoms with Crippen molar-refractivity contribution in [2.24, 2.45) is 17.8 Å². The SMILES string of the molecule is COC(=O)[C@H]1C2CCC(CC2)[C@@H]1Nc1nc(-c2nn(C(c3ccccc3)(c3ccccc3)c3ccccc3)c3ncc(Cl)cc23)c(F)cc1F. The first-order chi connectivity index (χ1) is 24.4. The van der Waals surface area contributed by atoms with Gasteiger partial charge in [-0.3, -0.25) is 4.79 Å². The number of hydrogen-bond donors (Lipinski definition) is 1. The largest absolute Gasteiger partial charge is 0.469 e. The number of ether oxygens (including phenoxy) is 1. The first-order valence-electron chi connectivity index (χ1n) is 16.8. The molecule has 3 aliphatic carbocycles. The Morgan fingerprint density at radius 2 is 1.38 bits per heavy atom. The second kappa shape index (κ2) is 12.9. The Bertz CT molecular complexity index is 2080. The van der Waals surface area contributed by atoms with Crippen molar-refractivity contribution < 1.29 is 18.3 Å². The van der Waals surface area contributed by atoms with Crippen LogP contribution >= 0.6 is 11.6 Å². The molecule has 252 valence electrons. The average Bonchev–Trinajstić information content (AvgIpc) is 3.52. The van der Waals surface area contributed by atoms with E-state index in [0.29, 0.717) is 16.1 Å². The van der Waals surface area contributed by atoms with Gasteiger partial charge in [0, 0.05) is 18.3 Å². The molecule has 0 unspecified atom stereocenters. The summed E-state index contributed by atoms with van der Waals surface area (Å²) in [6, 6.07) is 31.9. The van der Waals surface area contributed by atoms with E-state index in [1.807, 2.05) is 91.0 Å². The minimum Gasteiger partial charge on any atom is -0.469 e. The molecule has 0 amide bonds. The van der Waals surface area contributed by atoms with E-state index in [4.69, 9.17) is 26.4 Å². The van der Waals surface area contributed by atoms with Crippen molar-refractivity contribution in [3.05, 3.63) is 143 Å². The normalized spacial score (nSPS) is 20.2. The summed E-state index contributed by atoms with van der Waals surface area (Å²) in [5, 5.41) is 9.14. The van der Waals surface area contributed by atoms with Gasteiger partial charge in [-0.15, -0.1) is 0 Å². The lowest BCUT2D eigenvalue weighted by molar-refractivity contribution is -0.152. The minimum absolute atomic E-state index is 0.128. The highest BCUT2D eigenvalue weighted by Crippen LogP contribution is 2.48. The summed E-state index contributed by atoms with van der Waals surface area (Å²) in [6.45, 7) is 0. The summed E-state index contributed by atoms with van der Waals surface area (Å²) in [4.78, 5) is 22.3. The van der Waals surface area contributed by atoms with Gasteiger partial charge < -0.3 is 10.1 Å². The predicted octanol–water partition coefficient (Wildman–Crippen LogP) is 8.65. The number of fused-ring (bicyclic) bond motifs is 4. The van der Waals surface area contributed by atoms with Crippen LogP contribution in [0.3, 0.4) is 0 Å². The second-order valence-electron chi connectivity index (χ2n) is 13.1. The molecule has 3 aliphatic rings. The Kier molecular flexibility index (Phi) is 8.31. The van der Waals surface area contributed by atoms with Crippen LogP contribution < -0.4 is 5.32 Å². The molecular formula is C40H34ClF2N5O2. The molecule has 0 radical (unpaired) electrons. The van der Waals surface area contributed by atoms with Crippen LogP contribution in [0, 0.1) is 29.4 Å². The van der Waals surface area contributed by atoms with E-state index in [1.54, 1.807) is 10.7 Å². The maximum atomic E-state index is 16.1. The van der Waals surface area contributed by atoms with E-state index in [0.717, 1.165) is 48.4 Å². The molecule has 7 nitrogen and oxygen atoms in total. The Hall–Kier alpha value is -5.15. The van der Waals surface area contributed by atoms with Crippen LogP contribution in [-0.4, -0.2) is 38.9 Å². The van der Waals surface area contributed by atoms with Gasteiger partial charge >= 0.3 is 5.97 Å². The Morgan fingerprint density at radius 1 is 0.820 bits per heavy atom. The summed E-state index contributed by atoms with van der Waals surface area (Å²) < 4.78 is 38.7. The molecule has 3 fully saturated rings. The highest BCUT2D eigenvalue weighted by molar-refractivity contribution is 6.31. The molecule has 3 aromatic heterocycles. The number of hydrogen-bond acceptors (Lipinski definition) is 6. The molecule has 50 heavy (non-hydrogen) atoms. The Labute approximate surface area is 293 Å². The number of carbonyl (C=O) groups is 1. The summed E-state index contributed by atoms with van der Waals surface area (Å²) >= 11 is 6.54.